The van der Waals surface area contributed by atoms with Crippen molar-refractivity contribution in [3.8, 4) is 0 Å². The minimum Gasteiger partial charge on any atom is -0.481 e. The summed E-state index contributed by atoms with van der Waals surface area (Å²) >= 11 is 12.2. The lowest BCUT2D eigenvalue weighted by Gasteiger charge is -2.24. The number of hydrogen-bond donors (Lipinski definition) is 4. The maximum Gasteiger partial charge on any atom is 0.408 e. The van der Waals surface area contributed by atoms with Crippen molar-refractivity contribution in [2.24, 2.45) is 5.92 Å². The van der Waals surface area contributed by atoms with E-state index in [9.17, 15) is 29.1 Å². The zero-order valence-corrected chi connectivity index (χ0v) is 24.3. The van der Waals surface area contributed by atoms with Crippen LogP contribution in [0, 0.1) is 5.92 Å². The normalized spacial score (nSPS) is 13.0. The number of Topliss-reactive ketones (excluding diaryl/α,β-unsaturated/α-hetero) is 1. The Balaban J connectivity index is 1.93. The van der Waals surface area contributed by atoms with Crippen LogP contribution < -0.4 is 16.0 Å². The Hall–Kier alpha value is -3.67. The van der Waals surface area contributed by atoms with Gasteiger partial charge in [-0.15, -0.1) is 0 Å². The quantitative estimate of drug-likeness (QED) is 0.239. The van der Waals surface area contributed by atoms with Gasteiger partial charge in [0.15, 0.2) is 5.78 Å². The second-order valence-corrected chi connectivity index (χ2v) is 10.3. The Labute approximate surface area is 247 Å². The molecule has 1 unspecified atom stereocenters. The molecule has 0 saturated heterocycles. The van der Waals surface area contributed by atoms with Gasteiger partial charge in [0.2, 0.25) is 11.8 Å². The molecule has 0 aliphatic rings. The molecule has 4 N–H and O–H groups in total. The fraction of sp³-hybridized carbons (Fsp3) is 0.393. The van der Waals surface area contributed by atoms with Crippen LogP contribution in [0.4, 0.5) is 4.79 Å². The van der Waals surface area contributed by atoms with Gasteiger partial charge in [0.25, 0.3) is 0 Å². The van der Waals surface area contributed by atoms with Gasteiger partial charge in [-0.05, 0) is 30.5 Å². The van der Waals surface area contributed by atoms with Gasteiger partial charge in [0.1, 0.15) is 31.3 Å². The summed E-state index contributed by atoms with van der Waals surface area (Å²) in [6.45, 7) is 4.13. The summed E-state index contributed by atoms with van der Waals surface area (Å²) in [6, 6.07) is 10.2. The van der Waals surface area contributed by atoms with Gasteiger partial charge < -0.3 is 30.5 Å². The number of carboxylic acids is 1. The van der Waals surface area contributed by atoms with Gasteiger partial charge >= 0.3 is 12.1 Å². The second-order valence-electron chi connectivity index (χ2n) is 9.48. The van der Waals surface area contributed by atoms with Crippen LogP contribution in [0.15, 0.2) is 48.5 Å². The summed E-state index contributed by atoms with van der Waals surface area (Å²) in [4.78, 5) is 62.0. The average molecular weight is 610 g/mol. The molecule has 0 aromatic heterocycles. The van der Waals surface area contributed by atoms with Gasteiger partial charge in [-0.2, -0.15) is 0 Å². The van der Waals surface area contributed by atoms with Crippen molar-refractivity contribution < 1.29 is 38.6 Å². The molecule has 0 aliphatic heterocycles. The molecule has 13 heteroatoms. The maximum absolute atomic E-state index is 12.9. The van der Waals surface area contributed by atoms with Crippen molar-refractivity contribution in [1.29, 1.82) is 0 Å². The molecule has 0 radical (unpaired) electrons. The van der Waals surface area contributed by atoms with E-state index in [2.05, 4.69) is 16.0 Å². The zero-order valence-electron chi connectivity index (χ0n) is 22.8. The molecule has 3 atom stereocenters. The standard InChI is InChI=1S/C28H33Cl2N3O8/c1-16(2)25(33-28(39)41-13-18-8-5-4-6-9-18)27(38)31-17(3)26(37)32-22(12-24(35)36)23(34)15-40-14-19-20(29)10-7-11-21(19)30/h4-11,16-17,22,25H,12-15H2,1-3H3,(H,31,38)(H,32,37)(H,33,39)(H,35,36)/t17-,22-,25?/m0/s1. The lowest BCUT2D eigenvalue weighted by atomic mass is 10.0. The highest BCUT2D eigenvalue weighted by molar-refractivity contribution is 6.35. The van der Waals surface area contributed by atoms with Crippen LogP contribution in [0.3, 0.4) is 0 Å². The Morgan fingerprint density at radius 1 is 0.829 bits per heavy atom. The molecule has 41 heavy (non-hydrogen) atoms. The first-order valence-electron chi connectivity index (χ1n) is 12.7. The minimum absolute atomic E-state index is 0.00600. The lowest BCUT2D eigenvalue weighted by Crippen LogP contribution is -2.56. The third-order valence-electron chi connectivity index (χ3n) is 5.82. The van der Waals surface area contributed by atoms with Crippen molar-refractivity contribution in [2.75, 3.05) is 6.61 Å². The number of ether oxygens (including phenoxy) is 2. The summed E-state index contributed by atoms with van der Waals surface area (Å²) in [5.74, 6) is -3.86. The van der Waals surface area contributed by atoms with Crippen LogP contribution in [0.1, 0.15) is 38.3 Å². The van der Waals surface area contributed by atoms with E-state index in [1.807, 2.05) is 6.07 Å². The van der Waals surface area contributed by atoms with E-state index >= 15 is 0 Å². The van der Waals surface area contributed by atoms with Gasteiger partial charge in [-0.1, -0.05) is 73.4 Å². The maximum atomic E-state index is 12.9. The topological polar surface area (TPSA) is 160 Å². The number of nitrogens with one attached hydrogen (secondary N) is 3. The highest BCUT2D eigenvalue weighted by Crippen LogP contribution is 2.24. The van der Waals surface area contributed by atoms with E-state index in [1.165, 1.54) is 6.92 Å². The number of hydrogen-bond acceptors (Lipinski definition) is 7. The number of carbonyl (C=O) groups excluding carboxylic acids is 4. The number of carboxylic acid groups (broad SMARTS) is 1. The van der Waals surface area contributed by atoms with E-state index in [4.69, 9.17) is 32.7 Å². The van der Waals surface area contributed by atoms with E-state index in [-0.39, 0.29) is 19.1 Å². The molecule has 0 fully saturated rings. The molecule has 0 spiro atoms. The number of amides is 3. The molecule has 3 amide bonds. The van der Waals surface area contributed by atoms with E-state index in [0.29, 0.717) is 15.6 Å². The number of benzene rings is 2. The molecule has 0 aliphatic carbocycles. The molecule has 2 aromatic carbocycles. The fourth-order valence-corrected chi connectivity index (χ4v) is 4.04. The van der Waals surface area contributed by atoms with Crippen LogP contribution in [0.5, 0.6) is 0 Å². The Morgan fingerprint density at radius 2 is 1.46 bits per heavy atom. The predicted octanol–water partition coefficient (Wildman–Crippen LogP) is 3.49. The predicted molar refractivity (Wildman–Crippen MR) is 151 cm³/mol. The van der Waals surface area contributed by atoms with Crippen LogP contribution in [-0.2, 0) is 41.9 Å². The van der Waals surface area contributed by atoms with Crippen molar-refractivity contribution >= 4 is 52.9 Å². The van der Waals surface area contributed by atoms with Crippen LogP contribution in [-0.4, -0.2) is 59.5 Å². The summed E-state index contributed by atoms with van der Waals surface area (Å²) in [5.41, 5.74) is 1.22. The number of alkyl carbamates (subject to hydrolysis) is 1. The fourth-order valence-electron chi connectivity index (χ4n) is 3.54. The molecule has 0 heterocycles. The minimum atomic E-state index is -1.42. The SMILES string of the molecule is CC(C)C(NC(=O)OCc1ccccc1)C(=O)N[C@@H](C)C(=O)N[C@@H](CC(=O)O)C(=O)COCc1c(Cl)cccc1Cl. The Morgan fingerprint density at radius 3 is 2.05 bits per heavy atom. The van der Waals surface area contributed by atoms with E-state index in [1.54, 1.807) is 56.3 Å². The molecule has 2 aromatic rings. The molecule has 2 rings (SSSR count). The first kappa shape index (κ1) is 33.5. The molecule has 0 saturated carbocycles. The monoisotopic (exact) mass is 609 g/mol. The third kappa shape index (κ3) is 11.4. The molecule has 11 nitrogen and oxygen atoms in total. The van der Waals surface area contributed by atoms with Gasteiger partial charge in [0.05, 0.1) is 13.0 Å². The largest absolute Gasteiger partial charge is 0.481 e. The Kier molecular flexibility index (Phi) is 13.5. The van der Waals surface area contributed by atoms with Crippen molar-refractivity contribution in [3.63, 3.8) is 0 Å². The first-order valence-corrected chi connectivity index (χ1v) is 13.5. The van der Waals surface area contributed by atoms with Gasteiger partial charge in [0, 0.05) is 15.6 Å². The summed E-state index contributed by atoms with van der Waals surface area (Å²) < 4.78 is 10.5. The average Bonchev–Trinajstić information content (AvgIpc) is 2.91. The number of ketones is 1. The molecule has 222 valence electrons. The summed E-state index contributed by atoms with van der Waals surface area (Å²) in [6.07, 6.45) is -1.52. The number of carbonyl (C=O) groups is 5. The molecule has 0 bridgehead atoms. The lowest BCUT2D eigenvalue weighted by molar-refractivity contribution is -0.141. The van der Waals surface area contributed by atoms with Crippen LogP contribution >= 0.6 is 23.2 Å². The third-order valence-corrected chi connectivity index (χ3v) is 6.53. The first-order chi connectivity index (χ1) is 19.4. The number of halogens is 2. The van der Waals surface area contributed by atoms with E-state index < -0.39 is 60.8 Å². The second kappa shape index (κ2) is 16.6. The van der Waals surface area contributed by atoms with Crippen molar-refractivity contribution in [2.45, 2.75) is 58.5 Å². The van der Waals surface area contributed by atoms with Gasteiger partial charge in [-0.25, -0.2) is 4.79 Å². The molecular weight excluding hydrogens is 577 g/mol. The highest BCUT2D eigenvalue weighted by Gasteiger charge is 2.30. The van der Waals surface area contributed by atoms with Crippen LogP contribution in [0.25, 0.3) is 0 Å². The summed E-state index contributed by atoms with van der Waals surface area (Å²) in [5, 5.41) is 17.2. The number of rotatable bonds is 15. The number of aliphatic carboxylic acids is 1. The summed E-state index contributed by atoms with van der Waals surface area (Å²) in [7, 11) is 0. The smallest absolute Gasteiger partial charge is 0.408 e. The molecular formula is C28H33Cl2N3O8. The van der Waals surface area contributed by atoms with Crippen LogP contribution in [0.2, 0.25) is 10.0 Å². The zero-order chi connectivity index (χ0) is 30.5. The Bertz CT molecular complexity index is 1210. The van der Waals surface area contributed by atoms with Gasteiger partial charge in [-0.3, -0.25) is 19.2 Å². The highest BCUT2D eigenvalue weighted by atomic mass is 35.5. The van der Waals surface area contributed by atoms with E-state index in [0.717, 1.165) is 5.56 Å². The van der Waals surface area contributed by atoms with Crippen molar-refractivity contribution in [3.05, 3.63) is 69.7 Å². The van der Waals surface area contributed by atoms with Crippen molar-refractivity contribution in [1.82, 2.24) is 16.0 Å².